The van der Waals surface area contributed by atoms with Gasteiger partial charge in [0, 0.05) is 5.56 Å². The molecule has 1 aliphatic rings. The van der Waals surface area contributed by atoms with Gasteiger partial charge in [0.2, 0.25) is 6.29 Å². The number of carboxylic acids is 1. The van der Waals surface area contributed by atoms with Crippen LogP contribution in [0.4, 0.5) is 11.4 Å². The van der Waals surface area contributed by atoms with Gasteiger partial charge in [-0.15, -0.1) is 10.2 Å². The smallest absolute Gasteiger partial charge is 0.340 e. The minimum Gasteiger partial charge on any atom is -0.505 e. The first-order valence-corrected chi connectivity index (χ1v) is 13.7. The van der Waals surface area contributed by atoms with Crippen LogP contribution in [0, 0.1) is 20.8 Å². The lowest BCUT2D eigenvalue weighted by molar-refractivity contribution is -0.278. The molecule has 0 radical (unpaired) electrons. The van der Waals surface area contributed by atoms with E-state index >= 15 is 0 Å². The van der Waals surface area contributed by atoms with E-state index < -0.39 is 48.2 Å². The number of phenols is 1. The van der Waals surface area contributed by atoms with Crippen LogP contribution in [0.25, 0.3) is 16.8 Å². The standard InChI is InChI=1S/C31H30N4O10/c1-14-10-11-19(12-15(14)2)35-28(40)22(16(3)34-35)33-32-21-9-5-8-20(23(21)36)17-6-4-7-18(13-17)30(43)45-31-26(39)24(37)25(38)27(44-31)29(41)42/h4-13,24-27,31,34,36-39H,1-3H3,(H,41,42). The molecule has 0 bridgehead atoms. The highest BCUT2D eigenvalue weighted by atomic mass is 16.7. The van der Waals surface area contributed by atoms with Crippen molar-refractivity contribution in [1.82, 2.24) is 9.78 Å². The molecule has 5 rings (SSSR count). The molecule has 1 aromatic heterocycles. The number of carbonyl (C=O) groups excluding carboxylic acids is 1. The van der Waals surface area contributed by atoms with Gasteiger partial charge >= 0.3 is 11.9 Å². The minimum absolute atomic E-state index is 0.0456. The van der Waals surface area contributed by atoms with Crippen molar-refractivity contribution in [3.05, 3.63) is 93.4 Å². The Morgan fingerprint density at radius 3 is 2.36 bits per heavy atom. The number of rotatable bonds is 7. The fourth-order valence-electron chi connectivity index (χ4n) is 4.79. The van der Waals surface area contributed by atoms with Gasteiger partial charge in [0.15, 0.2) is 17.5 Å². The summed E-state index contributed by atoms with van der Waals surface area (Å²) in [5, 5.41) is 61.5. The van der Waals surface area contributed by atoms with Gasteiger partial charge in [0.25, 0.3) is 5.56 Å². The molecule has 14 heteroatoms. The van der Waals surface area contributed by atoms with Crippen LogP contribution in [0.15, 0.2) is 75.7 Å². The first-order chi connectivity index (χ1) is 21.4. The second-order valence-electron chi connectivity index (χ2n) is 10.6. The molecule has 4 aromatic rings. The zero-order valence-electron chi connectivity index (χ0n) is 24.3. The molecule has 1 saturated heterocycles. The van der Waals surface area contributed by atoms with Crippen LogP contribution in [-0.2, 0) is 14.3 Å². The first-order valence-electron chi connectivity index (χ1n) is 13.7. The number of aliphatic carboxylic acids is 1. The molecule has 0 aliphatic carbocycles. The Kier molecular flexibility index (Phi) is 8.66. The molecule has 5 unspecified atom stereocenters. The predicted octanol–water partition coefficient (Wildman–Crippen LogP) is 2.93. The monoisotopic (exact) mass is 618 g/mol. The number of ether oxygens (including phenoxy) is 2. The number of esters is 1. The summed E-state index contributed by atoms with van der Waals surface area (Å²) in [6, 6.07) is 16.1. The molecule has 45 heavy (non-hydrogen) atoms. The lowest BCUT2D eigenvalue weighted by Crippen LogP contribution is -2.60. The third kappa shape index (κ3) is 6.12. The Hall–Kier alpha value is -5.15. The third-order valence-corrected chi connectivity index (χ3v) is 7.51. The van der Waals surface area contributed by atoms with Gasteiger partial charge in [-0.2, -0.15) is 0 Å². The van der Waals surface area contributed by atoms with Crippen LogP contribution in [0.5, 0.6) is 5.75 Å². The summed E-state index contributed by atoms with van der Waals surface area (Å²) in [5.74, 6) is -2.95. The van der Waals surface area contributed by atoms with Crippen molar-refractivity contribution in [2.45, 2.75) is 51.5 Å². The van der Waals surface area contributed by atoms with E-state index in [0.717, 1.165) is 11.1 Å². The van der Waals surface area contributed by atoms with Gasteiger partial charge in [0.1, 0.15) is 24.0 Å². The SMILES string of the molecule is Cc1ccc(-n2[nH]c(C)c(N=Nc3cccc(-c4cccc(C(=O)OC5OC(C(=O)O)C(O)C(O)C5O)c4)c3O)c2=O)cc1C. The largest absolute Gasteiger partial charge is 0.505 e. The Bertz CT molecular complexity index is 1860. The van der Waals surface area contributed by atoms with Crippen molar-refractivity contribution in [2.24, 2.45) is 10.2 Å². The first kappa shape index (κ1) is 31.3. The zero-order chi connectivity index (χ0) is 32.6. The molecule has 1 aliphatic heterocycles. The fourth-order valence-corrected chi connectivity index (χ4v) is 4.79. The maximum absolute atomic E-state index is 13.1. The van der Waals surface area contributed by atoms with Crippen molar-refractivity contribution >= 4 is 23.3 Å². The van der Waals surface area contributed by atoms with Crippen molar-refractivity contribution in [1.29, 1.82) is 0 Å². The number of benzene rings is 3. The minimum atomic E-state index is -1.94. The number of aromatic amines is 1. The summed E-state index contributed by atoms with van der Waals surface area (Å²) in [4.78, 5) is 37.4. The number of nitrogens with one attached hydrogen (secondary N) is 1. The summed E-state index contributed by atoms with van der Waals surface area (Å²) in [6.45, 7) is 5.59. The molecular formula is C31H30N4O10. The number of carbonyl (C=O) groups is 2. The lowest BCUT2D eigenvalue weighted by Gasteiger charge is -2.37. The number of hydrogen-bond donors (Lipinski definition) is 6. The molecule has 1 fully saturated rings. The predicted molar refractivity (Wildman–Crippen MR) is 158 cm³/mol. The summed E-state index contributed by atoms with van der Waals surface area (Å²) < 4.78 is 11.5. The molecule has 3 aromatic carbocycles. The number of para-hydroxylation sites is 1. The highest BCUT2D eigenvalue weighted by Crippen LogP contribution is 2.38. The molecule has 14 nitrogen and oxygen atoms in total. The van der Waals surface area contributed by atoms with Gasteiger partial charge in [-0.3, -0.25) is 9.89 Å². The number of aliphatic hydroxyl groups excluding tert-OH is 3. The molecule has 0 amide bonds. The Morgan fingerprint density at radius 1 is 0.911 bits per heavy atom. The number of aromatic hydroxyl groups is 1. The van der Waals surface area contributed by atoms with Gasteiger partial charge in [-0.05, 0) is 67.8 Å². The summed E-state index contributed by atoms with van der Waals surface area (Å²) in [5.41, 5.74) is 3.43. The summed E-state index contributed by atoms with van der Waals surface area (Å²) >= 11 is 0. The third-order valence-electron chi connectivity index (χ3n) is 7.51. The Morgan fingerprint density at radius 2 is 1.64 bits per heavy atom. The average Bonchev–Trinajstić information content (AvgIpc) is 3.30. The number of phenolic OH excluding ortho intramolecular Hbond substituents is 1. The molecule has 6 N–H and O–H groups in total. The van der Waals surface area contributed by atoms with Crippen LogP contribution in [0.3, 0.4) is 0 Å². The van der Waals surface area contributed by atoms with E-state index in [1.807, 2.05) is 32.0 Å². The number of aromatic nitrogens is 2. The number of carboxylic acid groups (broad SMARTS) is 1. The van der Waals surface area contributed by atoms with Crippen molar-refractivity contribution in [3.63, 3.8) is 0 Å². The van der Waals surface area contributed by atoms with Crippen LogP contribution in [-0.4, -0.2) is 78.0 Å². The summed E-state index contributed by atoms with van der Waals surface area (Å²) in [6.07, 6.45) is -9.62. The molecular weight excluding hydrogens is 588 g/mol. The average molecular weight is 619 g/mol. The maximum atomic E-state index is 13.1. The van der Waals surface area contributed by atoms with Crippen LogP contribution in [0.2, 0.25) is 0 Å². The van der Waals surface area contributed by atoms with E-state index in [9.17, 15) is 39.9 Å². The number of aryl methyl sites for hydroxylation is 3. The van der Waals surface area contributed by atoms with Gasteiger partial charge < -0.3 is 35.0 Å². The van der Waals surface area contributed by atoms with Gasteiger partial charge in [0.05, 0.1) is 16.9 Å². The summed E-state index contributed by atoms with van der Waals surface area (Å²) in [7, 11) is 0. The second kappa shape index (κ2) is 12.5. The number of H-pyrrole nitrogens is 1. The molecule has 0 saturated carbocycles. The van der Waals surface area contributed by atoms with E-state index in [-0.39, 0.29) is 28.3 Å². The van der Waals surface area contributed by atoms with Gasteiger partial charge in [-0.1, -0.05) is 30.3 Å². The number of nitrogens with zero attached hydrogens (tertiary/aromatic N) is 3. The quantitative estimate of drug-likeness (QED) is 0.131. The number of hydrogen-bond acceptors (Lipinski definition) is 11. The second-order valence-corrected chi connectivity index (χ2v) is 10.6. The maximum Gasteiger partial charge on any atom is 0.340 e. The lowest BCUT2D eigenvalue weighted by atomic mass is 9.99. The Labute approximate surface area is 255 Å². The number of azo groups is 1. The van der Waals surface area contributed by atoms with Crippen LogP contribution < -0.4 is 5.56 Å². The van der Waals surface area contributed by atoms with E-state index in [0.29, 0.717) is 16.9 Å². The van der Waals surface area contributed by atoms with Crippen molar-refractivity contribution < 1.29 is 44.6 Å². The highest BCUT2D eigenvalue weighted by Gasteiger charge is 2.48. The topological polar surface area (TPSA) is 216 Å². The van der Waals surface area contributed by atoms with E-state index in [1.165, 1.54) is 28.9 Å². The van der Waals surface area contributed by atoms with Crippen LogP contribution >= 0.6 is 0 Å². The highest BCUT2D eigenvalue weighted by molar-refractivity contribution is 5.92. The molecule has 234 valence electrons. The normalized spacial score (nSPS) is 21.6. The molecule has 0 spiro atoms. The molecule has 5 atom stereocenters. The van der Waals surface area contributed by atoms with E-state index in [4.69, 9.17) is 9.47 Å². The fraction of sp³-hybridized carbons (Fsp3) is 0.258. The zero-order valence-corrected chi connectivity index (χ0v) is 24.3. The van der Waals surface area contributed by atoms with E-state index in [2.05, 4.69) is 15.3 Å². The van der Waals surface area contributed by atoms with Crippen molar-refractivity contribution in [3.8, 4) is 22.6 Å². The molecule has 2 heterocycles. The van der Waals surface area contributed by atoms with Crippen molar-refractivity contribution in [2.75, 3.05) is 0 Å². The van der Waals surface area contributed by atoms with E-state index in [1.54, 1.807) is 25.1 Å². The van der Waals surface area contributed by atoms with Crippen LogP contribution in [0.1, 0.15) is 27.2 Å². The Balaban J connectivity index is 1.38. The number of aliphatic hydroxyl groups is 3. The van der Waals surface area contributed by atoms with Gasteiger partial charge in [-0.25, -0.2) is 14.3 Å².